The molecule has 1 unspecified atom stereocenters. The van der Waals surface area contributed by atoms with Gasteiger partial charge in [0.1, 0.15) is 0 Å². The zero-order chi connectivity index (χ0) is 14.3. The third kappa shape index (κ3) is 2.16. The minimum Gasteiger partial charge on any atom is -0.477 e. The van der Waals surface area contributed by atoms with Gasteiger partial charge in [-0.3, -0.25) is 0 Å². The topological polar surface area (TPSA) is 70.7 Å². The molecular weight excluding hydrogens is 256 g/mol. The Labute approximate surface area is 117 Å². The first-order valence-electron chi connectivity index (χ1n) is 6.89. The summed E-state index contributed by atoms with van der Waals surface area (Å²) in [5.41, 5.74) is 0.753. The Morgan fingerprint density at radius 2 is 2.25 bits per heavy atom. The fraction of sp³-hybridized carbons (Fsp3) is 0.500. The van der Waals surface area contributed by atoms with Crippen LogP contribution in [0.1, 0.15) is 42.5 Å². The summed E-state index contributed by atoms with van der Waals surface area (Å²) in [5, 5.41) is 13.6. The Morgan fingerprint density at radius 1 is 1.45 bits per heavy atom. The molecule has 3 rings (SSSR count). The van der Waals surface area contributed by atoms with Crippen LogP contribution in [-0.4, -0.2) is 49.7 Å². The minimum atomic E-state index is -0.984. The molecule has 1 aliphatic rings. The molecule has 0 radical (unpaired) electrons. The van der Waals surface area contributed by atoms with E-state index in [4.69, 9.17) is 0 Å². The lowest BCUT2D eigenvalue weighted by molar-refractivity contribution is 0.0687. The van der Waals surface area contributed by atoms with E-state index in [-0.39, 0.29) is 5.69 Å². The van der Waals surface area contributed by atoms with Crippen molar-refractivity contribution >= 4 is 11.6 Å². The number of carboxylic acids is 1. The molecule has 6 heteroatoms. The molecule has 2 aromatic heterocycles. The molecule has 0 aliphatic carbocycles. The number of rotatable bonds is 3. The second kappa shape index (κ2) is 4.86. The van der Waals surface area contributed by atoms with Crippen molar-refractivity contribution in [3.63, 3.8) is 0 Å². The van der Waals surface area contributed by atoms with E-state index in [9.17, 15) is 9.90 Å². The van der Waals surface area contributed by atoms with E-state index in [1.54, 1.807) is 18.2 Å². The maximum absolute atomic E-state index is 11.2. The van der Waals surface area contributed by atoms with Crippen LogP contribution in [0.3, 0.4) is 0 Å². The Balaban J connectivity index is 1.94. The van der Waals surface area contributed by atoms with Gasteiger partial charge >= 0.3 is 5.97 Å². The number of aromatic carboxylic acids is 1. The molecule has 1 atom stereocenters. The number of pyridine rings is 1. The van der Waals surface area contributed by atoms with Crippen molar-refractivity contribution in [2.24, 2.45) is 0 Å². The average molecular weight is 274 g/mol. The van der Waals surface area contributed by atoms with Gasteiger partial charge in [0.2, 0.25) is 0 Å². The zero-order valence-electron chi connectivity index (χ0n) is 11.7. The van der Waals surface area contributed by atoms with Gasteiger partial charge in [-0.15, -0.1) is 0 Å². The summed E-state index contributed by atoms with van der Waals surface area (Å²) in [5.74, 6) is 0.0584. The first kappa shape index (κ1) is 13.1. The van der Waals surface area contributed by atoms with Crippen LogP contribution in [0.25, 0.3) is 5.65 Å². The molecule has 0 bridgehead atoms. The minimum absolute atomic E-state index is 0.153. The third-order valence-corrected chi connectivity index (χ3v) is 3.91. The van der Waals surface area contributed by atoms with Crippen molar-refractivity contribution in [2.45, 2.75) is 32.2 Å². The molecular formula is C14H18N4O2. The van der Waals surface area contributed by atoms with E-state index in [1.807, 2.05) is 0 Å². The molecule has 1 N–H and O–H groups in total. The largest absolute Gasteiger partial charge is 0.477 e. The predicted octanol–water partition coefficient (Wildman–Crippen LogP) is 1.63. The lowest BCUT2D eigenvalue weighted by atomic mass is 10.1. The van der Waals surface area contributed by atoms with Gasteiger partial charge in [0, 0.05) is 18.5 Å². The molecule has 1 aliphatic heterocycles. The fourth-order valence-corrected chi connectivity index (χ4v) is 2.72. The zero-order valence-corrected chi connectivity index (χ0v) is 11.7. The quantitative estimate of drug-likeness (QED) is 0.921. The van der Waals surface area contributed by atoms with Gasteiger partial charge in [0.25, 0.3) is 0 Å². The summed E-state index contributed by atoms with van der Waals surface area (Å²) in [6.07, 6.45) is 1.03. The molecule has 0 saturated carbocycles. The predicted molar refractivity (Wildman–Crippen MR) is 74.0 cm³/mol. The second-order valence-corrected chi connectivity index (χ2v) is 5.53. The first-order valence-corrected chi connectivity index (χ1v) is 6.89. The van der Waals surface area contributed by atoms with Gasteiger partial charge < -0.3 is 10.0 Å². The smallest absolute Gasteiger partial charge is 0.354 e. The highest BCUT2D eigenvalue weighted by Gasteiger charge is 2.28. The van der Waals surface area contributed by atoms with Crippen molar-refractivity contribution < 1.29 is 9.90 Å². The van der Waals surface area contributed by atoms with Gasteiger partial charge in [0.05, 0.1) is 0 Å². The Kier molecular flexibility index (Phi) is 3.17. The Bertz CT molecular complexity index is 650. The lowest BCUT2D eigenvalue weighted by Gasteiger charge is -2.19. The standard InChI is InChI=1S/C14H18N4O2/c1-9(2)17-7-6-10(8-17)13-15-12-5-3-4-11(14(19)20)18(12)16-13/h3-5,9-10H,6-8H2,1-2H3,(H,19,20). The van der Waals surface area contributed by atoms with E-state index in [0.29, 0.717) is 17.6 Å². The van der Waals surface area contributed by atoms with E-state index in [1.165, 1.54) is 4.52 Å². The van der Waals surface area contributed by atoms with Crippen molar-refractivity contribution in [2.75, 3.05) is 13.1 Å². The van der Waals surface area contributed by atoms with Crippen LogP contribution in [0, 0.1) is 0 Å². The van der Waals surface area contributed by atoms with Crippen molar-refractivity contribution in [3.8, 4) is 0 Å². The van der Waals surface area contributed by atoms with Crippen molar-refractivity contribution in [3.05, 3.63) is 29.7 Å². The lowest BCUT2D eigenvalue weighted by Crippen LogP contribution is -2.28. The molecule has 0 spiro atoms. The van der Waals surface area contributed by atoms with Crippen LogP contribution in [0.15, 0.2) is 18.2 Å². The van der Waals surface area contributed by atoms with E-state index in [2.05, 4.69) is 28.8 Å². The van der Waals surface area contributed by atoms with Gasteiger partial charge in [-0.1, -0.05) is 6.07 Å². The Morgan fingerprint density at radius 3 is 2.90 bits per heavy atom. The maximum atomic E-state index is 11.2. The van der Waals surface area contributed by atoms with Crippen molar-refractivity contribution in [1.29, 1.82) is 0 Å². The van der Waals surface area contributed by atoms with Crippen LogP contribution >= 0.6 is 0 Å². The third-order valence-electron chi connectivity index (χ3n) is 3.91. The number of aromatic nitrogens is 3. The number of hydrogen-bond donors (Lipinski definition) is 1. The second-order valence-electron chi connectivity index (χ2n) is 5.53. The summed E-state index contributed by atoms with van der Waals surface area (Å²) in [6.45, 7) is 6.35. The normalized spacial score (nSPS) is 20.1. The SMILES string of the molecule is CC(C)N1CCC(c2nc3cccc(C(=O)O)n3n2)C1. The molecule has 20 heavy (non-hydrogen) atoms. The van der Waals surface area contributed by atoms with Crippen LogP contribution < -0.4 is 0 Å². The highest BCUT2D eigenvalue weighted by molar-refractivity contribution is 5.86. The molecule has 106 valence electrons. The molecule has 0 amide bonds. The highest BCUT2D eigenvalue weighted by Crippen LogP contribution is 2.26. The number of carbonyl (C=O) groups is 1. The molecule has 1 saturated heterocycles. The fourth-order valence-electron chi connectivity index (χ4n) is 2.72. The highest BCUT2D eigenvalue weighted by atomic mass is 16.4. The first-order chi connectivity index (χ1) is 9.56. The van der Waals surface area contributed by atoms with Crippen LogP contribution in [0.2, 0.25) is 0 Å². The summed E-state index contributed by atoms with van der Waals surface area (Å²) < 4.78 is 1.43. The van der Waals surface area contributed by atoms with Gasteiger partial charge in [-0.05, 0) is 38.9 Å². The summed E-state index contributed by atoms with van der Waals surface area (Å²) in [4.78, 5) is 18.1. The van der Waals surface area contributed by atoms with Crippen LogP contribution in [0.4, 0.5) is 0 Å². The van der Waals surface area contributed by atoms with Crippen molar-refractivity contribution in [1.82, 2.24) is 19.5 Å². The Hall–Kier alpha value is -1.95. The van der Waals surface area contributed by atoms with Gasteiger partial charge in [0.15, 0.2) is 17.2 Å². The number of likely N-dealkylation sites (tertiary alicyclic amines) is 1. The van der Waals surface area contributed by atoms with E-state index < -0.39 is 5.97 Å². The van der Waals surface area contributed by atoms with Gasteiger partial charge in [-0.2, -0.15) is 5.10 Å². The monoisotopic (exact) mass is 274 g/mol. The maximum Gasteiger partial charge on any atom is 0.354 e. The molecule has 6 nitrogen and oxygen atoms in total. The molecule has 1 fully saturated rings. The van der Waals surface area contributed by atoms with E-state index >= 15 is 0 Å². The number of hydrogen-bond acceptors (Lipinski definition) is 4. The number of carboxylic acid groups (broad SMARTS) is 1. The number of fused-ring (bicyclic) bond motifs is 1. The van der Waals surface area contributed by atoms with Gasteiger partial charge in [-0.25, -0.2) is 14.3 Å². The van der Waals surface area contributed by atoms with Crippen LogP contribution in [0.5, 0.6) is 0 Å². The summed E-state index contributed by atoms with van der Waals surface area (Å²) in [6, 6.07) is 5.56. The number of nitrogens with zero attached hydrogens (tertiary/aromatic N) is 4. The molecule has 0 aromatic carbocycles. The van der Waals surface area contributed by atoms with Crippen LogP contribution in [-0.2, 0) is 0 Å². The molecule has 2 aromatic rings. The molecule has 3 heterocycles. The average Bonchev–Trinajstić information content (AvgIpc) is 3.04. The summed E-state index contributed by atoms with van der Waals surface area (Å²) in [7, 11) is 0. The van der Waals surface area contributed by atoms with E-state index in [0.717, 1.165) is 25.3 Å². The summed E-state index contributed by atoms with van der Waals surface area (Å²) >= 11 is 0.